The van der Waals surface area contributed by atoms with Crippen molar-refractivity contribution in [1.29, 1.82) is 0 Å². The summed E-state index contributed by atoms with van der Waals surface area (Å²) in [5, 5.41) is 5.97. The van der Waals surface area contributed by atoms with Crippen LogP contribution < -0.4 is 10.6 Å². The SMILES string of the molecule is Cc1ccccc1CNC(=O)CN1CCC(C(=O)Nc2ccccc2)CC1. The molecule has 3 rings (SSSR count). The van der Waals surface area contributed by atoms with Crippen LogP contribution in [0, 0.1) is 12.8 Å². The van der Waals surface area contributed by atoms with Crippen molar-refractivity contribution in [2.45, 2.75) is 26.3 Å². The predicted molar refractivity (Wildman–Crippen MR) is 107 cm³/mol. The molecule has 27 heavy (non-hydrogen) atoms. The highest BCUT2D eigenvalue weighted by Crippen LogP contribution is 2.19. The summed E-state index contributed by atoms with van der Waals surface area (Å²) in [6.45, 7) is 4.53. The van der Waals surface area contributed by atoms with E-state index in [2.05, 4.69) is 15.5 Å². The number of nitrogens with one attached hydrogen (secondary N) is 2. The highest BCUT2D eigenvalue weighted by atomic mass is 16.2. The molecule has 0 bridgehead atoms. The second-order valence-corrected chi connectivity index (χ2v) is 7.11. The van der Waals surface area contributed by atoms with Gasteiger partial charge in [-0.2, -0.15) is 0 Å². The van der Waals surface area contributed by atoms with Gasteiger partial charge < -0.3 is 10.6 Å². The van der Waals surface area contributed by atoms with Crippen molar-refractivity contribution in [3.05, 3.63) is 65.7 Å². The molecule has 2 N–H and O–H groups in total. The number of nitrogens with zero attached hydrogens (tertiary/aromatic N) is 1. The van der Waals surface area contributed by atoms with Crippen molar-refractivity contribution >= 4 is 17.5 Å². The van der Waals surface area contributed by atoms with Crippen molar-refractivity contribution in [1.82, 2.24) is 10.2 Å². The molecule has 2 amide bonds. The number of carbonyl (C=O) groups is 2. The van der Waals surface area contributed by atoms with E-state index in [0.29, 0.717) is 13.1 Å². The summed E-state index contributed by atoms with van der Waals surface area (Å²) in [5.74, 6) is 0.117. The van der Waals surface area contributed by atoms with Gasteiger partial charge in [0.1, 0.15) is 0 Å². The predicted octanol–water partition coefficient (Wildman–Crippen LogP) is 2.96. The smallest absolute Gasteiger partial charge is 0.234 e. The Morgan fingerprint density at radius 1 is 1.00 bits per heavy atom. The maximum Gasteiger partial charge on any atom is 0.234 e. The number of para-hydroxylation sites is 1. The first-order valence-corrected chi connectivity index (χ1v) is 9.51. The molecule has 0 atom stereocenters. The van der Waals surface area contributed by atoms with Crippen molar-refractivity contribution in [2.24, 2.45) is 5.92 Å². The molecular formula is C22H27N3O2. The van der Waals surface area contributed by atoms with Gasteiger partial charge in [-0.1, -0.05) is 42.5 Å². The minimum absolute atomic E-state index is 0.0106. The van der Waals surface area contributed by atoms with E-state index in [1.807, 2.05) is 61.5 Å². The summed E-state index contributed by atoms with van der Waals surface area (Å²) in [5.41, 5.74) is 3.16. The zero-order valence-electron chi connectivity index (χ0n) is 15.8. The maximum absolute atomic E-state index is 12.4. The molecule has 1 saturated heterocycles. The topological polar surface area (TPSA) is 61.4 Å². The summed E-state index contributed by atoms with van der Waals surface area (Å²) in [6.07, 6.45) is 1.56. The van der Waals surface area contributed by atoms with Crippen LogP contribution in [0.15, 0.2) is 54.6 Å². The van der Waals surface area contributed by atoms with Gasteiger partial charge in [0.05, 0.1) is 6.54 Å². The zero-order valence-corrected chi connectivity index (χ0v) is 15.8. The van der Waals surface area contributed by atoms with Gasteiger partial charge in [0.2, 0.25) is 11.8 Å². The fourth-order valence-electron chi connectivity index (χ4n) is 3.38. The lowest BCUT2D eigenvalue weighted by Crippen LogP contribution is -2.43. The third kappa shape index (κ3) is 5.66. The summed E-state index contributed by atoms with van der Waals surface area (Å²) in [4.78, 5) is 26.7. The van der Waals surface area contributed by atoms with E-state index >= 15 is 0 Å². The number of piperidine rings is 1. The fourth-order valence-corrected chi connectivity index (χ4v) is 3.38. The minimum atomic E-state index is 0.0106. The number of hydrogen-bond acceptors (Lipinski definition) is 3. The van der Waals surface area contributed by atoms with E-state index in [0.717, 1.165) is 37.2 Å². The molecule has 0 radical (unpaired) electrons. The number of aryl methyl sites for hydroxylation is 1. The highest BCUT2D eigenvalue weighted by molar-refractivity contribution is 5.92. The van der Waals surface area contributed by atoms with Gasteiger partial charge in [0.15, 0.2) is 0 Å². The van der Waals surface area contributed by atoms with Crippen molar-refractivity contribution in [2.75, 3.05) is 25.0 Å². The van der Waals surface area contributed by atoms with Gasteiger partial charge >= 0.3 is 0 Å². The number of likely N-dealkylation sites (tertiary alicyclic amines) is 1. The number of amides is 2. The first kappa shape index (κ1) is 19.1. The molecule has 0 unspecified atom stereocenters. The van der Waals surface area contributed by atoms with Crippen LogP contribution in [0.25, 0.3) is 0 Å². The number of anilines is 1. The molecule has 5 heteroatoms. The standard InChI is InChI=1S/C22H27N3O2/c1-17-7-5-6-8-19(17)15-23-21(26)16-25-13-11-18(12-14-25)22(27)24-20-9-3-2-4-10-20/h2-10,18H,11-16H2,1H3,(H,23,26)(H,24,27). The lowest BCUT2D eigenvalue weighted by Gasteiger charge is -2.30. The molecule has 1 heterocycles. The highest BCUT2D eigenvalue weighted by Gasteiger charge is 2.25. The van der Waals surface area contributed by atoms with E-state index in [1.165, 1.54) is 5.56 Å². The van der Waals surface area contributed by atoms with E-state index in [1.54, 1.807) is 0 Å². The van der Waals surface area contributed by atoms with Gasteiger partial charge in [-0.3, -0.25) is 14.5 Å². The van der Waals surface area contributed by atoms with Crippen LogP contribution in [0.5, 0.6) is 0 Å². The second kappa shape index (κ2) is 9.33. The molecule has 0 spiro atoms. The average molecular weight is 365 g/mol. The molecule has 0 aliphatic carbocycles. The lowest BCUT2D eigenvalue weighted by atomic mass is 9.96. The number of benzene rings is 2. The number of hydrogen-bond donors (Lipinski definition) is 2. The molecule has 5 nitrogen and oxygen atoms in total. The molecule has 0 saturated carbocycles. The normalized spacial score (nSPS) is 15.3. The van der Waals surface area contributed by atoms with Gasteiger partial charge in [-0.05, 0) is 56.1 Å². The van der Waals surface area contributed by atoms with Gasteiger partial charge in [0, 0.05) is 18.2 Å². The van der Waals surface area contributed by atoms with Gasteiger partial charge in [-0.15, -0.1) is 0 Å². The number of rotatable bonds is 6. The minimum Gasteiger partial charge on any atom is -0.351 e. The van der Waals surface area contributed by atoms with Crippen LogP contribution in [0.4, 0.5) is 5.69 Å². The Labute approximate surface area is 160 Å². The largest absolute Gasteiger partial charge is 0.351 e. The molecule has 2 aromatic carbocycles. The van der Waals surface area contributed by atoms with E-state index in [4.69, 9.17) is 0 Å². The van der Waals surface area contributed by atoms with Crippen molar-refractivity contribution < 1.29 is 9.59 Å². The van der Waals surface area contributed by atoms with Gasteiger partial charge in [-0.25, -0.2) is 0 Å². The first-order valence-electron chi connectivity index (χ1n) is 9.51. The number of carbonyl (C=O) groups excluding carboxylic acids is 2. The Morgan fingerprint density at radius 2 is 1.67 bits per heavy atom. The first-order chi connectivity index (χ1) is 13.1. The maximum atomic E-state index is 12.4. The van der Waals surface area contributed by atoms with E-state index < -0.39 is 0 Å². The Bertz CT molecular complexity index is 768. The van der Waals surface area contributed by atoms with Crippen LogP contribution in [0.1, 0.15) is 24.0 Å². The van der Waals surface area contributed by atoms with Crippen molar-refractivity contribution in [3.8, 4) is 0 Å². The Hall–Kier alpha value is -2.66. The summed E-state index contributed by atoms with van der Waals surface area (Å²) >= 11 is 0. The third-order valence-electron chi connectivity index (χ3n) is 5.10. The van der Waals surface area contributed by atoms with Crippen LogP contribution in [0.3, 0.4) is 0 Å². The third-order valence-corrected chi connectivity index (χ3v) is 5.10. The van der Waals surface area contributed by atoms with Crippen molar-refractivity contribution in [3.63, 3.8) is 0 Å². The molecule has 142 valence electrons. The molecule has 1 fully saturated rings. The monoisotopic (exact) mass is 365 g/mol. The average Bonchev–Trinajstić information content (AvgIpc) is 2.69. The summed E-state index contributed by atoms with van der Waals surface area (Å²) in [6, 6.07) is 17.6. The Balaban J connectivity index is 1.39. The quantitative estimate of drug-likeness (QED) is 0.827. The van der Waals surface area contributed by atoms with Crippen LogP contribution in [0.2, 0.25) is 0 Å². The summed E-state index contributed by atoms with van der Waals surface area (Å²) < 4.78 is 0. The lowest BCUT2D eigenvalue weighted by molar-refractivity contribution is -0.123. The zero-order chi connectivity index (χ0) is 19.1. The van der Waals surface area contributed by atoms with Crippen LogP contribution in [-0.2, 0) is 16.1 Å². The van der Waals surface area contributed by atoms with Crippen LogP contribution >= 0.6 is 0 Å². The molecule has 1 aliphatic heterocycles. The second-order valence-electron chi connectivity index (χ2n) is 7.11. The molecule has 0 aromatic heterocycles. The molecule has 1 aliphatic rings. The van der Waals surface area contributed by atoms with Gasteiger partial charge in [0.25, 0.3) is 0 Å². The van der Waals surface area contributed by atoms with E-state index in [-0.39, 0.29) is 17.7 Å². The molecule has 2 aromatic rings. The Kier molecular flexibility index (Phi) is 6.60. The van der Waals surface area contributed by atoms with Crippen LogP contribution in [-0.4, -0.2) is 36.3 Å². The summed E-state index contributed by atoms with van der Waals surface area (Å²) in [7, 11) is 0. The molecular weight excluding hydrogens is 338 g/mol. The van der Waals surface area contributed by atoms with E-state index in [9.17, 15) is 9.59 Å². The fraction of sp³-hybridized carbons (Fsp3) is 0.364. The Morgan fingerprint density at radius 3 is 2.37 bits per heavy atom.